The molecule has 0 spiro atoms. The van der Waals surface area contributed by atoms with E-state index in [1.807, 2.05) is 6.92 Å². The van der Waals surface area contributed by atoms with Crippen molar-refractivity contribution in [2.45, 2.75) is 43.0 Å². The number of aliphatic hydroxyl groups is 1. The Morgan fingerprint density at radius 3 is 2.29 bits per heavy atom. The Hall–Kier alpha value is -0.620. The zero-order valence-electron chi connectivity index (χ0n) is 10.3. The Labute approximate surface area is 102 Å². The van der Waals surface area contributed by atoms with E-state index in [2.05, 4.69) is 0 Å². The normalized spacial score (nSPS) is 31.6. The molecule has 0 radical (unpaired) electrons. The number of likely N-dealkylation sites (tertiary alicyclic amines) is 1. The Bertz CT molecular complexity index is 440. The van der Waals surface area contributed by atoms with Gasteiger partial charge in [0.15, 0.2) is 14.6 Å². The SMILES string of the molecule is CCC1(O)CCN(C(=O)C2(S(C)(=O)=O)CC2)C1. The van der Waals surface area contributed by atoms with Crippen LogP contribution in [0.3, 0.4) is 0 Å². The van der Waals surface area contributed by atoms with Crippen LogP contribution in [0.1, 0.15) is 32.6 Å². The molecule has 6 heteroatoms. The van der Waals surface area contributed by atoms with Gasteiger partial charge in [-0.3, -0.25) is 4.79 Å². The van der Waals surface area contributed by atoms with Gasteiger partial charge in [-0.05, 0) is 25.7 Å². The van der Waals surface area contributed by atoms with Crippen LogP contribution in [-0.2, 0) is 14.6 Å². The van der Waals surface area contributed by atoms with Gasteiger partial charge in [-0.25, -0.2) is 8.42 Å². The zero-order valence-corrected chi connectivity index (χ0v) is 11.1. The van der Waals surface area contributed by atoms with Gasteiger partial charge in [0, 0.05) is 19.3 Å². The third-order valence-corrected chi connectivity index (χ3v) is 6.08. The maximum atomic E-state index is 12.2. The Morgan fingerprint density at radius 1 is 1.35 bits per heavy atom. The Kier molecular flexibility index (Phi) is 2.78. The third-order valence-electron chi connectivity index (χ3n) is 4.08. The fraction of sp³-hybridized carbons (Fsp3) is 0.909. The number of carbonyl (C=O) groups excluding carboxylic acids is 1. The quantitative estimate of drug-likeness (QED) is 0.772. The van der Waals surface area contributed by atoms with Crippen molar-refractivity contribution in [1.82, 2.24) is 4.90 Å². The molecule has 0 aromatic rings. The van der Waals surface area contributed by atoms with Crippen molar-refractivity contribution in [2.75, 3.05) is 19.3 Å². The zero-order chi connectivity index (χ0) is 12.9. The summed E-state index contributed by atoms with van der Waals surface area (Å²) in [5.74, 6) is -0.315. The van der Waals surface area contributed by atoms with Gasteiger partial charge >= 0.3 is 0 Å². The van der Waals surface area contributed by atoms with Crippen LogP contribution in [0.4, 0.5) is 0 Å². The van der Waals surface area contributed by atoms with Crippen LogP contribution >= 0.6 is 0 Å². The van der Waals surface area contributed by atoms with Crippen LogP contribution in [0.15, 0.2) is 0 Å². The molecule has 2 aliphatic rings. The number of hydrogen-bond acceptors (Lipinski definition) is 4. The first kappa shape index (κ1) is 12.8. The van der Waals surface area contributed by atoms with E-state index in [0.717, 1.165) is 6.26 Å². The molecule has 1 saturated heterocycles. The molecule has 1 N–H and O–H groups in total. The summed E-state index contributed by atoms with van der Waals surface area (Å²) in [7, 11) is -3.34. The number of rotatable bonds is 3. The Morgan fingerprint density at radius 2 is 1.94 bits per heavy atom. The first-order chi connectivity index (χ1) is 7.74. The maximum absolute atomic E-state index is 12.2. The van der Waals surface area contributed by atoms with Gasteiger partial charge in [0.25, 0.3) is 0 Å². The average molecular weight is 261 g/mol. The smallest absolute Gasteiger partial charge is 0.244 e. The molecule has 98 valence electrons. The summed E-state index contributed by atoms with van der Waals surface area (Å²) in [5, 5.41) is 10.1. The number of β-amino-alcohol motifs (C(OH)–C–C–N with tert-alkyl or cyclic N) is 1. The van der Waals surface area contributed by atoms with E-state index < -0.39 is 20.2 Å². The van der Waals surface area contributed by atoms with E-state index in [1.165, 1.54) is 4.90 Å². The van der Waals surface area contributed by atoms with Gasteiger partial charge in [0.2, 0.25) is 5.91 Å². The van der Waals surface area contributed by atoms with Crippen LogP contribution in [-0.4, -0.2) is 54.0 Å². The second-order valence-electron chi connectivity index (χ2n) is 5.32. The molecular formula is C11H19NO4S. The molecule has 1 heterocycles. The van der Waals surface area contributed by atoms with Crippen molar-refractivity contribution in [2.24, 2.45) is 0 Å². The average Bonchev–Trinajstić information content (AvgIpc) is 2.97. The minimum atomic E-state index is -3.34. The van der Waals surface area contributed by atoms with E-state index in [0.29, 0.717) is 32.2 Å². The molecule has 5 nitrogen and oxygen atoms in total. The lowest BCUT2D eigenvalue weighted by Gasteiger charge is -2.24. The van der Waals surface area contributed by atoms with Gasteiger partial charge in [-0.15, -0.1) is 0 Å². The highest BCUT2D eigenvalue weighted by Crippen LogP contribution is 2.45. The lowest BCUT2D eigenvalue weighted by atomic mass is 10.0. The van der Waals surface area contributed by atoms with Crippen LogP contribution in [0.2, 0.25) is 0 Å². The monoisotopic (exact) mass is 261 g/mol. The van der Waals surface area contributed by atoms with Gasteiger partial charge in [0.1, 0.15) is 0 Å². The highest BCUT2D eigenvalue weighted by Gasteiger charge is 2.61. The highest BCUT2D eigenvalue weighted by molar-refractivity contribution is 7.93. The van der Waals surface area contributed by atoms with Gasteiger partial charge in [-0.2, -0.15) is 0 Å². The molecule has 17 heavy (non-hydrogen) atoms. The van der Waals surface area contributed by atoms with Crippen molar-refractivity contribution in [1.29, 1.82) is 0 Å². The van der Waals surface area contributed by atoms with Crippen molar-refractivity contribution in [3.63, 3.8) is 0 Å². The van der Waals surface area contributed by atoms with Crippen LogP contribution in [0, 0.1) is 0 Å². The van der Waals surface area contributed by atoms with Crippen LogP contribution in [0.5, 0.6) is 0 Å². The molecule has 1 atom stereocenters. The first-order valence-corrected chi connectivity index (χ1v) is 7.85. The second-order valence-corrected chi connectivity index (χ2v) is 7.65. The molecule has 1 saturated carbocycles. The molecule has 2 rings (SSSR count). The van der Waals surface area contributed by atoms with Gasteiger partial charge < -0.3 is 10.0 Å². The highest BCUT2D eigenvalue weighted by atomic mass is 32.2. The molecule has 0 aromatic carbocycles. The molecule has 1 aliphatic carbocycles. The number of hydrogen-bond donors (Lipinski definition) is 1. The summed E-state index contributed by atoms with van der Waals surface area (Å²) in [6.45, 7) is 2.59. The lowest BCUT2D eigenvalue weighted by Crippen LogP contribution is -2.45. The lowest BCUT2D eigenvalue weighted by molar-refractivity contribution is -0.131. The molecule has 0 aromatic heterocycles. The molecule has 0 bridgehead atoms. The van der Waals surface area contributed by atoms with Gasteiger partial charge in [-0.1, -0.05) is 6.92 Å². The van der Waals surface area contributed by atoms with Gasteiger partial charge in [0.05, 0.1) is 5.60 Å². The van der Waals surface area contributed by atoms with Crippen LogP contribution < -0.4 is 0 Å². The van der Waals surface area contributed by atoms with E-state index in [1.54, 1.807) is 0 Å². The molecule has 1 aliphatic heterocycles. The van der Waals surface area contributed by atoms with Crippen molar-refractivity contribution >= 4 is 15.7 Å². The summed E-state index contributed by atoms with van der Waals surface area (Å²) in [4.78, 5) is 13.7. The Balaban J connectivity index is 2.14. The molecule has 2 fully saturated rings. The van der Waals surface area contributed by atoms with Crippen molar-refractivity contribution < 1.29 is 18.3 Å². The first-order valence-electron chi connectivity index (χ1n) is 5.95. The fourth-order valence-corrected chi connectivity index (χ4v) is 3.75. The van der Waals surface area contributed by atoms with E-state index in [4.69, 9.17) is 0 Å². The topological polar surface area (TPSA) is 74.7 Å². The number of nitrogens with zero attached hydrogens (tertiary/aromatic N) is 1. The number of sulfone groups is 1. The summed E-state index contributed by atoms with van der Waals surface area (Å²) < 4.78 is 22.1. The van der Waals surface area contributed by atoms with E-state index in [-0.39, 0.29) is 12.5 Å². The molecule has 1 amide bonds. The fourth-order valence-electron chi connectivity index (χ4n) is 2.46. The minimum absolute atomic E-state index is 0.263. The van der Waals surface area contributed by atoms with Crippen molar-refractivity contribution in [3.05, 3.63) is 0 Å². The maximum Gasteiger partial charge on any atom is 0.244 e. The summed E-state index contributed by atoms with van der Waals surface area (Å²) in [6, 6.07) is 0. The third kappa shape index (κ3) is 1.97. The van der Waals surface area contributed by atoms with E-state index >= 15 is 0 Å². The molecular weight excluding hydrogens is 242 g/mol. The summed E-state index contributed by atoms with van der Waals surface area (Å²) in [6.07, 6.45) is 3.09. The largest absolute Gasteiger partial charge is 0.388 e. The van der Waals surface area contributed by atoms with Crippen molar-refractivity contribution in [3.8, 4) is 0 Å². The predicted octanol–water partition coefficient (Wildman–Crippen LogP) is -0.0630. The minimum Gasteiger partial charge on any atom is -0.388 e. The van der Waals surface area contributed by atoms with E-state index in [9.17, 15) is 18.3 Å². The summed E-state index contributed by atoms with van der Waals surface area (Å²) >= 11 is 0. The number of carbonyl (C=O) groups is 1. The molecule has 1 unspecified atom stereocenters. The summed E-state index contributed by atoms with van der Waals surface area (Å²) in [5.41, 5.74) is -0.830. The number of amides is 1. The standard InChI is InChI=1S/C11H19NO4S/c1-3-10(14)6-7-12(8-10)9(13)11(4-5-11)17(2,15)16/h14H,3-8H2,1-2H3. The van der Waals surface area contributed by atoms with Crippen LogP contribution in [0.25, 0.3) is 0 Å². The second kappa shape index (κ2) is 3.68. The predicted molar refractivity (Wildman–Crippen MR) is 63.2 cm³/mol.